The van der Waals surface area contributed by atoms with Gasteiger partial charge < -0.3 is 9.84 Å². The Morgan fingerprint density at radius 1 is 1.17 bits per heavy atom. The highest BCUT2D eigenvalue weighted by Gasteiger charge is 2.34. The van der Waals surface area contributed by atoms with E-state index in [4.69, 9.17) is 0 Å². The second-order valence-corrected chi connectivity index (χ2v) is 8.03. The molecule has 0 fully saturated rings. The Morgan fingerprint density at radius 3 is 2.35 bits per heavy atom. The molecule has 0 unspecified atom stereocenters. The van der Waals surface area contributed by atoms with Crippen molar-refractivity contribution in [2.75, 3.05) is 0 Å². The lowest BCUT2D eigenvalue weighted by molar-refractivity contribution is -0.158. The fourth-order valence-corrected chi connectivity index (χ4v) is 3.81. The molecule has 2 aromatic rings. The molecule has 0 aliphatic heterocycles. The van der Waals surface area contributed by atoms with Gasteiger partial charge in [0.2, 0.25) is 0 Å². The predicted molar refractivity (Wildman–Crippen MR) is 100 cm³/mol. The molecule has 23 heavy (non-hydrogen) atoms. The molecular weight excluding hydrogens is 552 g/mol. The lowest BCUT2D eigenvalue weighted by Crippen LogP contribution is -2.29. The van der Waals surface area contributed by atoms with Crippen LogP contribution in [-0.2, 0) is 4.79 Å². The molecule has 3 nitrogen and oxygen atoms in total. The fourth-order valence-electron chi connectivity index (χ4n) is 1.50. The monoisotopic (exact) mass is 562 g/mol. The van der Waals surface area contributed by atoms with Crippen LogP contribution in [0.2, 0.25) is 0 Å². The highest BCUT2D eigenvalue weighted by Crippen LogP contribution is 2.36. The zero-order valence-electron chi connectivity index (χ0n) is 11.6. The lowest BCUT2D eigenvalue weighted by atomic mass is 10.3. The summed E-state index contributed by atoms with van der Waals surface area (Å²) in [6.07, 6.45) is 0. The Kier molecular flexibility index (Phi) is 6.11. The minimum absolute atomic E-state index is 0.0656. The molecule has 0 bridgehead atoms. The molecule has 0 amide bonds. The summed E-state index contributed by atoms with van der Waals surface area (Å²) >= 11 is 5.62. The molecule has 0 heterocycles. The number of carbonyl (C=O) groups is 1. The Labute approximate surface area is 163 Å². The van der Waals surface area contributed by atoms with E-state index in [1.165, 1.54) is 23.9 Å². The van der Waals surface area contributed by atoms with Gasteiger partial charge in [-0.1, -0.05) is 11.8 Å². The van der Waals surface area contributed by atoms with E-state index in [1.54, 1.807) is 18.2 Å². The zero-order chi connectivity index (χ0) is 17.2. The van der Waals surface area contributed by atoms with E-state index in [1.807, 2.05) is 28.7 Å². The quantitative estimate of drug-likeness (QED) is 0.312. The molecule has 0 spiro atoms. The van der Waals surface area contributed by atoms with Gasteiger partial charge in [-0.05, 0) is 81.6 Å². The second-order valence-electron chi connectivity index (χ2n) is 4.59. The molecule has 0 aliphatic carbocycles. The maximum Gasteiger partial charge on any atom is 0.382 e. The molecule has 0 saturated carbocycles. The first-order valence-electron chi connectivity index (χ1n) is 6.23. The molecule has 0 aromatic heterocycles. The SMILES string of the molecule is CC(F)(F)C(=O)Oc1ccc(Sc2cc(I)c(O)cc2I)cc1. The van der Waals surface area contributed by atoms with Crippen molar-refractivity contribution in [1.82, 2.24) is 0 Å². The number of phenolic OH excluding ortho intramolecular Hbond substituents is 1. The van der Waals surface area contributed by atoms with Gasteiger partial charge >= 0.3 is 11.9 Å². The standard InChI is InChI=1S/C15H10F2I2O3S/c1-15(16,17)14(21)22-8-2-4-9(5-3-8)23-13-7-10(18)12(20)6-11(13)19/h2-7,20H,1H3. The minimum atomic E-state index is -3.52. The highest BCUT2D eigenvalue weighted by atomic mass is 127. The number of alkyl halides is 2. The van der Waals surface area contributed by atoms with Gasteiger partial charge in [0.15, 0.2) is 0 Å². The lowest BCUT2D eigenvalue weighted by Gasteiger charge is -2.10. The van der Waals surface area contributed by atoms with Crippen molar-refractivity contribution in [2.24, 2.45) is 0 Å². The Bertz CT molecular complexity index is 731. The van der Waals surface area contributed by atoms with Gasteiger partial charge in [0.1, 0.15) is 11.5 Å². The Hall–Kier alpha value is -0.620. The van der Waals surface area contributed by atoms with Crippen LogP contribution in [0.5, 0.6) is 11.5 Å². The molecular formula is C15H10F2I2O3S. The van der Waals surface area contributed by atoms with Gasteiger partial charge in [0.25, 0.3) is 0 Å². The van der Waals surface area contributed by atoms with E-state index >= 15 is 0 Å². The topological polar surface area (TPSA) is 46.5 Å². The van der Waals surface area contributed by atoms with Crippen LogP contribution in [0.15, 0.2) is 46.2 Å². The average molecular weight is 562 g/mol. The number of benzene rings is 2. The molecule has 0 saturated heterocycles. The number of halogens is 4. The first-order chi connectivity index (χ1) is 10.7. The van der Waals surface area contributed by atoms with E-state index in [-0.39, 0.29) is 11.5 Å². The van der Waals surface area contributed by atoms with Crippen molar-refractivity contribution in [3.8, 4) is 11.5 Å². The van der Waals surface area contributed by atoms with Crippen LogP contribution in [-0.4, -0.2) is 17.0 Å². The zero-order valence-corrected chi connectivity index (χ0v) is 16.8. The van der Waals surface area contributed by atoms with E-state index in [2.05, 4.69) is 27.3 Å². The van der Waals surface area contributed by atoms with Crippen molar-refractivity contribution in [1.29, 1.82) is 0 Å². The van der Waals surface area contributed by atoms with Crippen LogP contribution in [0, 0.1) is 7.14 Å². The Balaban J connectivity index is 2.12. The third kappa shape index (κ3) is 5.18. The smallest absolute Gasteiger partial charge is 0.382 e. The van der Waals surface area contributed by atoms with Crippen LogP contribution in [0.4, 0.5) is 8.78 Å². The van der Waals surface area contributed by atoms with Gasteiger partial charge in [-0.3, -0.25) is 0 Å². The molecule has 2 aromatic carbocycles. The Morgan fingerprint density at radius 2 is 1.78 bits per heavy atom. The predicted octanol–water partition coefficient (Wildman–Crippen LogP) is 5.31. The van der Waals surface area contributed by atoms with Gasteiger partial charge in [-0.25, -0.2) is 4.79 Å². The summed E-state index contributed by atoms with van der Waals surface area (Å²) in [5.74, 6) is -4.81. The maximum atomic E-state index is 12.8. The summed E-state index contributed by atoms with van der Waals surface area (Å²) in [6.45, 7) is 0.494. The molecule has 1 N–H and O–H groups in total. The van der Waals surface area contributed by atoms with Crippen LogP contribution in [0.3, 0.4) is 0 Å². The summed E-state index contributed by atoms with van der Waals surface area (Å²) < 4.78 is 31.8. The number of esters is 1. The van der Waals surface area contributed by atoms with Crippen molar-refractivity contribution in [3.05, 3.63) is 43.5 Å². The van der Waals surface area contributed by atoms with Crippen LogP contribution in [0.1, 0.15) is 6.92 Å². The number of aromatic hydroxyl groups is 1. The van der Waals surface area contributed by atoms with E-state index in [0.29, 0.717) is 6.92 Å². The van der Waals surface area contributed by atoms with Crippen molar-refractivity contribution in [2.45, 2.75) is 22.6 Å². The van der Waals surface area contributed by atoms with Gasteiger partial charge in [0, 0.05) is 20.3 Å². The average Bonchev–Trinajstić information content (AvgIpc) is 2.45. The number of rotatable bonds is 4. The first kappa shape index (κ1) is 18.7. The molecule has 0 atom stereocenters. The first-order valence-corrected chi connectivity index (χ1v) is 9.20. The number of carbonyl (C=O) groups excluding carboxylic acids is 1. The third-order valence-corrected chi connectivity index (χ3v) is 5.81. The molecule has 0 radical (unpaired) electrons. The van der Waals surface area contributed by atoms with Crippen LogP contribution >= 0.6 is 56.9 Å². The van der Waals surface area contributed by atoms with Crippen molar-refractivity contribution >= 4 is 62.9 Å². The molecule has 2 rings (SSSR count). The summed E-state index contributed by atoms with van der Waals surface area (Å²) in [5.41, 5.74) is 0. The summed E-state index contributed by atoms with van der Waals surface area (Å²) in [7, 11) is 0. The molecule has 0 aliphatic rings. The second kappa shape index (κ2) is 7.51. The van der Waals surface area contributed by atoms with E-state index in [9.17, 15) is 18.7 Å². The van der Waals surface area contributed by atoms with Crippen LogP contribution < -0.4 is 4.74 Å². The summed E-state index contributed by atoms with van der Waals surface area (Å²) in [5, 5.41) is 9.65. The normalized spacial score (nSPS) is 11.3. The van der Waals surface area contributed by atoms with Gasteiger partial charge in [-0.15, -0.1) is 0 Å². The minimum Gasteiger partial charge on any atom is -0.507 e. The molecule has 122 valence electrons. The third-order valence-electron chi connectivity index (χ3n) is 2.62. The van der Waals surface area contributed by atoms with E-state index in [0.717, 1.165) is 16.9 Å². The summed E-state index contributed by atoms with van der Waals surface area (Å²) in [6, 6.07) is 9.81. The van der Waals surface area contributed by atoms with E-state index < -0.39 is 11.9 Å². The highest BCUT2D eigenvalue weighted by molar-refractivity contribution is 14.1. The number of ether oxygens (including phenoxy) is 1. The number of hydrogen-bond acceptors (Lipinski definition) is 4. The fraction of sp³-hybridized carbons (Fsp3) is 0.133. The summed E-state index contributed by atoms with van der Waals surface area (Å²) in [4.78, 5) is 12.9. The largest absolute Gasteiger partial charge is 0.507 e. The number of hydrogen-bond donors (Lipinski definition) is 1. The molecule has 8 heteroatoms. The van der Waals surface area contributed by atoms with Crippen LogP contribution in [0.25, 0.3) is 0 Å². The number of phenols is 1. The van der Waals surface area contributed by atoms with Crippen molar-refractivity contribution in [3.63, 3.8) is 0 Å². The van der Waals surface area contributed by atoms with Gasteiger partial charge in [0.05, 0.1) is 3.57 Å². The van der Waals surface area contributed by atoms with Gasteiger partial charge in [-0.2, -0.15) is 8.78 Å². The maximum absolute atomic E-state index is 12.8. The van der Waals surface area contributed by atoms with Crippen molar-refractivity contribution < 1.29 is 23.4 Å².